The third-order valence-electron chi connectivity index (χ3n) is 7.24. The van der Waals surface area contributed by atoms with Gasteiger partial charge in [-0.15, -0.1) is 0 Å². The molecule has 3 rings (SSSR count). The summed E-state index contributed by atoms with van der Waals surface area (Å²) >= 11 is 5.47. The number of carbonyl (C=O) groups is 1. The maximum atomic E-state index is 12.2. The summed E-state index contributed by atoms with van der Waals surface area (Å²) in [6.07, 6.45) is 10.5. The van der Waals surface area contributed by atoms with E-state index in [0.29, 0.717) is 11.7 Å². The minimum atomic E-state index is -1.04. The number of nitrogens with one attached hydrogen (secondary N) is 2. The fourth-order valence-corrected chi connectivity index (χ4v) is 5.47. The van der Waals surface area contributed by atoms with Crippen LogP contribution < -0.4 is 10.6 Å². The lowest BCUT2D eigenvalue weighted by Gasteiger charge is -2.27. The zero-order chi connectivity index (χ0) is 28.3. The van der Waals surface area contributed by atoms with E-state index < -0.39 is 24.3 Å². The van der Waals surface area contributed by atoms with Gasteiger partial charge < -0.3 is 34.7 Å². The molecule has 2 heterocycles. The molecule has 0 unspecified atom stereocenters. The molecule has 2 fully saturated rings. The van der Waals surface area contributed by atoms with E-state index in [2.05, 4.69) is 17.6 Å². The Hall–Kier alpha value is -1.78. The molecule has 1 aromatic carbocycles. The fraction of sp³-hybridized carbons (Fsp3) is 0.733. The van der Waals surface area contributed by atoms with Gasteiger partial charge >= 0.3 is 5.97 Å². The van der Waals surface area contributed by atoms with Crippen LogP contribution in [0.2, 0.25) is 0 Å². The number of carbonyl (C=O) groups excluding carboxylic acids is 1. The summed E-state index contributed by atoms with van der Waals surface area (Å²) in [5, 5.41) is 17.0. The third-order valence-corrected chi connectivity index (χ3v) is 7.46. The molecule has 1 aromatic rings. The molecule has 9 heteroatoms. The smallest absolute Gasteiger partial charge is 0.310 e. The van der Waals surface area contributed by atoms with E-state index in [-0.39, 0.29) is 24.5 Å². The van der Waals surface area contributed by atoms with Crippen molar-refractivity contribution in [2.24, 2.45) is 0 Å². The van der Waals surface area contributed by atoms with Crippen molar-refractivity contribution in [2.75, 3.05) is 11.9 Å². The monoisotopic (exact) mass is 564 g/mol. The lowest BCUT2D eigenvalue weighted by molar-refractivity contribution is -0.222. The van der Waals surface area contributed by atoms with E-state index >= 15 is 0 Å². The second-order valence-corrected chi connectivity index (χ2v) is 11.6. The molecule has 0 amide bonds. The summed E-state index contributed by atoms with van der Waals surface area (Å²) in [5.74, 6) is -0.964. The summed E-state index contributed by atoms with van der Waals surface area (Å²) in [6, 6.07) is 7.32. The Kier molecular flexibility index (Phi) is 12.9. The molecule has 0 saturated carbocycles. The van der Waals surface area contributed by atoms with Crippen LogP contribution in [0.4, 0.5) is 5.69 Å². The number of aliphatic hydroxyl groups is 1. The van der Waals surface area contributed by atoms with Crippen LogP contribution in [0.15, 0.2) is 24.3 Å². The molecule has 220 valence electrons. The standard InChI is InChI=1S/C30H48N2O6S/c1-5-6-7-8-9-10-11-12-13-14-19-35-24(33)20-22-15-17-23(18-16-22)32-29(39)31-21(2)25-26-27(28(34)36-25)38-30(3,4)37-26/h15-18,21,25-28,34H,5-14,19-20H2,1-4H3,(H2,31,32,39)/t21-,25+,26-,27-,28-/m0/s1. The Morgan fingerprint density at radius 3 is 2.23 bits per heavy atom. The van der Waals surface area contributed by atoms with Crippen LogP contribution in [0.25, 0.3) is 0 Å². The second kappa shape index (κ2) is 15.9. The molecule has 0 bridgehead atoms. The molecular formula is C30H48N2O6S. The van der Waals surface area contributed by atoms with E-state index in [4.69, 9.17) is 31.2 Å². The zero-order valence-corrected chi connectivity index (χ0v) is 24.9. The molecule has 2 saturated heterocycles. The molecule has 0 aromatic heterocycles. The van der Waals surface area contributed by atoms with Crippen LogP contribution in [0.1, 0.15) is 97.5 Å². The first kappa shape index (κ1) is 31.7. The van der Waals surface area contributed by atoms with Crippen molar-refractivity contribution >= 4 is 29.0 Å². The molecular weight excluding hydrogens is 516 g/mol. The number of esters is 1. The van der Waals surface area contributed by atoms with E-state index in [9.17, 15) is 9.90 Å². The van der Waals surface area contributed by atoms with Crippen LogP contribution in [-0.2, 0) is 30.2 Å². The average molecular weight is 565 g/mol. The molecule has 0 radical (unpaired) electrons. The lowest BCUT2D eigenvalue weighted by Crippen LogP contribution is -2.48. The summed E-state index contributed by atoms with van der Waals surface area (Å²) in [4.78, 5) is 12.2. The molecule has 5 atom stereocenters. The second-order valence-electron chi connectivity index (χ2n) is 11.2. The molecule has 8 nitrogen and oxygen atoms in total. The number of hydrogen-bond donors (Lipinski definition) is 3. The highest BCUT2D eigenvalue weighted by atomic mass is 32.1. The highest BCUT2D eigenvalue weighted by molar-refractivity contribution is 7.80. The van der Waals surface area contributed by atoms with Crippen molar-refractivity contribution in [3.05, 3.63) is 29.8 Å². The Morgan fingerprint density at radius 2 is 1.59 bits per heavy atom. The van der Waals surface area contributed by atoms with Gasteiger partial charge in [-0.1, -0.05) is 76.8 Å². The van der Waals surface area contributed by atoms with Gasteiger partial charge in [-0.05, 0) is 57.1 Å². The number of anilines is 1. The Morgan fingerprint density at radius 1 is 1.00 bits per heavy atom. The first-order valence-corrected chi connectivity index (χ1v) is 15.1. The van der Waals surface area contributed by atoms with Gasteiger partial charge in [0, 0.05) is 5.69 Å². The minimum absolute atomic E-state index is 0.198. The summed E-state index contributed by atoms with van der Waals surface area (Å²) < 4.78 is 22.8. The Bertz CT molecular complexity index is 896. The van der Waals surface area contributed by atoms with Crippen LogP contribution >= 0.6 is 12.2 Å². The van der Waals surface area contributed by atoms with Gasteiger partial charge in [-0.3, -0.25) is 4.79 Å². The number of aliphatic hydroxyl groups excluding tert-OH is 1. The van der Waals surface area contributed by atoms with Crippen LogP contribution in [0.3, 0.4) is 0 Å². The van der Waals surface area contributed by atoms with Crippen molar-refractivity contribution in [1.82, 2.24) is 5.32 Å². The largest absolute Gasteiger partial charge is 0.465 e. The Balaban J connectivity index is 1.28. The van der Waals surface area contributed by atoms with E-state index in [0.717, 1.165) is 24.1 Å². The van der Waals surface area contributed by atoms with Crippen LogP contribution in [0.5, 0.6) is 0 Å². The average Bonchev–Trinajstić information content (AvgIpc) is 3.36. The van der Waals surface area contributed by atoms with Crippen LogP contribution in [0, 0.1) is 0 Å². The molecule has 3 N–H and O–H groups in total. The number of benzene rings is 1. The van der Waals surface area contributed by atoms with Crippen molar-refractivity contribution in [3.63, 3.8) is 0 Å². The highest BCUT2D eigenvalue weighted by Gasteiger charge is 2.56. The number of thiocarbonyl (C=S) groups is 1. The molecule has 0 aliphatic carbocycles. The normalized spacial score (nSPS) is 24.2. The number of rotatable bonds is 16. The molecule has 0 spiro atoms. The van der Waals surface area contributed by atoms with Gasteiger partial charge in [0.15, 0.2) is 17.2 Å². The maximum Gasteiger partial charge on any atom is 0.310 e. The van der Waals surface area contributed by atoms with Crippen molar-refractivity contribution in [2.45, 2.75) is 135 Å². The van der Waals surface area contributed by atoms with Gasteiger partial charge in [-0.25, -0.2) is 0 Å². The zero-order valence-electron chi connectivity index (χ0n) is 24.1. The van der Waals surface area contributed by atoms with E-state index in [1.165, 1.54) is 51.4 Å². The van der Waals surface area contributed by atoms with Gasteiger partial charge in [0.2, 0.25) is 0 Å². The minimum Gasteiger partial charge on any atom is -0.465 e. The van der Waals surface area contributed by atoms with Crippen molar-refractivity contribution < 1.29 is 28.8 Å². The summed E-state index contributed by atoms with van der Waals surface area (Å²) in [6.45, 7) is 8.30. The van der Waals surface area contributed by atoms with Gasteiger partial charge in [-0.2, -0.15) is 0 Å². The first-order chi connectivity index (χ1) is 18.7. The predicted molar refractivity (Wildman–Crippen MR) is 156 cm³/mol. The van der Waals surface area contributed by atoms with Gasteiger partial charge in [0.1, 0.15) is 18.3 Å². The van der Waals surface area contributed by atoms with E-state index in [1.54, 1.807) is 0 Å². The fourth-order valence-electron chi connectivity index (χ4n) is 5.17. The van der Waals surface area contributed by atoms with Crippen molar-refractivity contribution in [3.8, 4) is 0 Å². The number of ether oxygens (including phenoxy) is 4. The van der Waals surface area contributed by atoms with Crippen LogP contribution in [-0.4, -0.2) is 59.2 Å². The van der Waals surface area contributed by atoms with Gasteiger partial charge in [0.05, 0.1) is 19.1 Å². The number of fused-ring (bicyclic) bond motifs is 1. The molecule has 2 aliphatic rings. The van der Waals surface area contributed by atoms with Crippen molar-refractivity contribution in [1.29, 1.82) is 0 Å². The molecule has 2 aliphatic heterocycles. The lowest BCUT2D eigenvalue weighted by atomic mass is 10.1. The maximum absolute atomic E-state index is 12.2. The van der Waals surface area contributed by atoms with Gasteiger partial charge in [0.25, 0.3) is 0 Å². The number of unbranched alkanes of at least 4 members (excludes halogenated alkanes) is 9. The molecule has 39 heavy (non-hydrogen) atoms. The number of hydrogen-bond acceptors (Lipinski definition) is 7. The Labute approximate surface area is 239 Å². The summed E-state index contributed by atoms with van der Waals surface area (Å²) in [5.41, 5.74) is 1.69. The quantitative estimate of drug-likeness (QED) is 0.135. The first-order valence-electron chi connectivity index (χ1n) is 14.7. The highest BCUT2D eigenvalue weighted by Crippen LogP contribution is 2.38. The SMILES string of the molecule is CCCCCCCCCCCCOC(=O)Cc1ccc(NC(=S)N[C@@H](C)[C@H]2O[C@H](O)[C@H]3OC(C)(C)O[C@@H]23)cc1. The summed E-state index contributed by atoms with van der Waals surface area (Å²) in [7, 11) is 0. The predicted octanol–water partition coefficient (Wildman–Crippen LogP) is 5.61. The topological polar surface area (TPSA) is 98.3 Å². The third kappa shape index (κ3) is 10.6. The van der Waals surface area contributed by atoms with E-state index in [1.807, 2.05) is 45.0 Å².